The normalized spacial score (nSPS) is 19.1. The van der Waals surface area contributed by atoms with E-state index in [-0.39, 0.29) is 24.3 Å². The van der Waals surface area contributed by atoms with Crippen molar-refractivity contribution in [3.8, 4) is 0 Å². The SMILES string of the molecule is CC(=O)N1CCc2ccccc2C1CC(=O)Nc1ccccc1CN1CCCC1. The summed E-state index contributed by atoms with van der Waals surface area (Å²) in [6.07, 6.45) is 3.61. The molecule has 0 aromatic heterocycles. The topological polar surface area (TPSA) is 52.7 Å². The fourth-order valence-electron chi connectivity index (χ4n) is 4.59. The van der Waals surface area contributed by atoms with Crippen molar-refractivity contribution in [2.24, 2.45) is 0 Å². The molecule has 1 atom stereocenters. The Morgan fingerprint density at radius 1 is 1.00 bits per heavy atom. The quantitative estimate of drug-likeness (QED) is 0.844. The van der Waals surface area contributed by atoms with E-state index in [0.717, 1.165) is 42.9 Å². The number of fused-ring (bicyclic) bond motifs is 1. The molecular weight excluding hydrogens is 362 g/mol. The van der Waals surface area contributed by atoms with Gasteiger partial charge in [-0.15, -0.1) is 0 Å². The largest absolute Gasteiger partial charge is 0.335 e. The Bertz CT molecular complexity index is 889. The summed E-state index contributed by atoms with van der Waals surface area (Å²) in [7, 11) is 0. The van der Waals surface area contributed by atoms with Gasteiger partial charge in [0.15, 0.2) is 0 Å². The lowest BCUT2D eigenvalue weighted by molar-refractivity contribution is -0.132. The zero-order valence-electron chi connectivity index (χ0n) is 17.1. The van der Waals surface area contributed by atoms with Gasteiger partial charge in [0.1, 0.15) is 0 Å². The number of likely N-dealkylation sites (tertiary alicyclic amines) is 1. The molecule has 152 valence electrons. The number of para-hydroxylation sites is 1. The Hall–Kier alpha value is -2.66. The molecule has 1 unspecified atom stereocenters. The highest BCUT2D eigenvalue weighted by molar-refractivity contribution is 5.92. The third-order valence-corrected chi connectivity index (χ3v) is 6.08. The minimum absolute atomic E-state index is 0.0201. The smallest absolute Gasteiger partial charge is 0.226 e. The van der Waals surface area contributed by atoms with Crippen molar-refractivity contribution in [2.75, 3.05) is 25.0 Å². The molecule has 1 fully saturated rings. The minimum Gasteiger partial charge on any atom is -0.335 e. The second-order valence-corrected chi connectivity index (χ2v) is 8.07. The van der Waals surface area contributed by atoms with Crippen LogP contribution in [-0.2, 0) is 22.6 Å². The van der Waals surface area contributed by atoms with Crippen LogP contribution in [0.25, 0.3) is 0 Å². The molecule has 29 heavy (non-hydrogen) atoms. The molecule has 0 bridgehead atoms. The number of rotatable bonds is 5. The first-order valence-corrected chi connectivity index (χ1v) is 10.6. The first-order valence-electron chi connectivity index (χ1n) is 10.6. The van der Waals surface area contributed by atoms with Gasteiger partial charge in [-0.25, -0.2) is 0 Å². The molecule has 5 nitrogen and oxygen atoms in total. The molecule has 1 saturated heterocycles. The number of nitrogens with one attached hydrogen (secondary N) is 1. The summed E-state index contributed by atoms with van der Waals surface area (Å²) in [5.74, 6) is -0.0291. The third-order valence-electron chi connectivity index (χ3n) is 6.08. The van der Waals surface area contributed by atoms with E-state index in [9.17, 15) is 9.59 Å². The maximum absolute atomic E-state index is 13.0. The first-order chi connectivity index (χ1) is 14.1. The number of nitrogens with zero attached hydrogens (tertiary/aromatic N) is 2. The molecule has 2 aromatic rings. The summed E-state index contributed by atoms with van der Waals surface area (Å²) < 4.78 is 0. The lowest BCUT2D eigenvalue weighted by Gasteiger charge is -2.36. The van der Waals surface area contributed by atoms with Gasteiger partial charge in [-0.3, -0.25) is 14.5 Å². The fourth-order valence-corrected chi connectivity index (χ4v) is 4.59. The molecule has 1 N–H and O–H groups in total. The molecule has 0 radical (unpaired) electrons. The van der Waals surface area contributed by atoms with Crippen LogP contribution < -0.4 is 5.32 Å². The van der Waals surface area contributed by atoms with Crippen molar-refractivity contribution in [1.29, 1.82) is 0 Å². The summed E-state index contributed by atoms with van der Waals surface area (Å²) in [5.41, 5.74) is 4.35. The van der Waals surface area contributed by atoms with Gasteiger partial charge in [0.05, 0.1) is 12.5 Å². The van der Waals surface area contributed by atoms with E-state index >= 15 is 0 Å². The van der Waals surface area contributed by atoms with Gasteiger partial charge >= 0.3 is 0 Å². The van der Waals surface area contributed by atoms with Crippen molar-refractivity contribution < 1.29 is 9.59 Å². The average Bonchev–Trinajstić information content (AvgIpc) is 3.22. The molecule has 2 aliphatic heterocycles. The highest BCUT2D eigenvalue weighted by atomic mass is 16.2. The molecule has 0 aliphatic carbocycles. The van der Waals surface area contributed by atoms with Crippen LogP contribution in [-0.4, -0.2) is 41.2 Å². The second-order valence-electron chi connectivity index (χ2n) is 8.07. The standard InChI is InChI=1S/C24H29N3O2/c1-18(28)27-15-12-19-8-2-4-10-21(19)23(27)16-24(29)25-22-11-5-3-9-20(22)17-26-13-6-7-14-26/h2-5,8-11,23H,6-7,12-17H2,1H3,(H,25,29). The monoisotopic (exact) mass is 391 g/mol. The molecular formula is C24H29N3O2. The molecule has 2 heterocycles. The number of benzene rings is 2. The zero-order chi connectivity index (χ0) is 20.2. The van der Waals surface area contributed by atoms with Crippen LogP contribution in [0.1, 0.15) is 48.9 Å². The third kappa shape index (κ3) is 4.51. The highest BCUT2D eigenvalue weighted by Crippen LogP contribution is 2.32. The fraction of sp³-hybridized carbons (Fsp3) is 0.417. The predicted octanol–water partition coefficient (Wildman–Crippen LogP) is 3.76. The number of anilines is 1. The van der Waals surface area contributed by atoms with Crippen molar-refractivity contribution >= 4 is 17.5 Å². The molecule has 2 aromatic carbocycles. The van der Waals surface area contributed by atoms with E-state index in [1.54, 1.807) is 6.92 Å². The van der Waals surface area contributed by atoms with E-state index in [1.807, 2.05) is 41.3 Å². The van der Waals surface area contributed by atoms with Gasteiger partial charge in [-0.1, -0.05) is 42.5 Å². The Morgan fingerprint density at radius 2 is 1.72 bits per heavy atom. The van der Waals surface area contributed by atoms with Gasteiger partial charge in [-0.05, 0) is 55.1 Å². The molecule has 4 rings (SSSR count). The molecule has 2 amide bonds. The minimum atomic E-state index is -0.205. The zero-order valence-corrected chi connectivity index (χ0v) is 17.1. The van der Waals surface area contributed by atoms with Crippen LogP contribution in [0.4, 0.5) is 5.69 Å². The van der Waals surface area contributed by atoms with E-state index in [0.29, 0.717) is 6.54 Å². The number of hydrogen-bond donors (Lipinski definition) is 1. The number of carbonyl (C=O) groups is 2. The Balaban J connectivity index is 1.50. The summed E-state index contributed by atoms with van der Waals surface area (Å²) in [6.45, 7) is 5.35. The molecule has 0 saturated carbocycles. The lowest BCUT2D eigenvalue weighted by Crippen LogP contribution is -2.40. The van der Waals surface area contributed by atoms with E-state index in [4.69, 9.17) is 0 Å². The van der Waals surface area contributed by atoms with Gasteiger partial charge in [0.2, 0.25) is 11.8 Å². The van der Waals surface area contributed by atoms with Crippen molar-refractivity contribution in [2.45, 2.75) is 45.2 Å². The maximum atomic E-state index is 13.0. The van der Waals surface area contributed by atoms with Crippen LogP contribution in [0.15, 0.2) is 48.5 Å². The maximum Gasteiger partial charge on any atom is 0.226 e. The first kappa shape index (κ1) is 19.6. The average molecular weight is 392 g/mol. The van der Waals surface area contributed by atoms with Crippen LogP contribution in [0, 0.1) is 0 Å². The van der Waals surface area contributed by atoms with Crippen LogP contribution in [0.5, 0.6) is 0 Å². The van der Waals surface area contributed by atoms with Crippen LogP contribution in [0.2, 0.25) is 0 Å². The van der Waals surface area contributed by atoms with E-state index < -0.39 is 0 Å². The number of hydrogen-bond acceptors (Lipinski definition) is 3. The Morgan fingerprint density at radius 3 is 2.52 bits per heavy atom. The Kier molecular flexibility index (Phi) is 5.95. The molecule has 5 heteroatoms. The van der Waals surface area contributed by atoms with E-state index in [1.165, 1.54) is 18.4 Å². The van der Waals surface area contributed by atoms with Gasteiger partial charge in [0.25, 0.3) is 0 Å². The van der Waals surface area contributed by atoms with Crippen molar-refractivity contribution in [3.05, 3.63) is 65.2 Å². The summed E-state index contributed by atoms with van der Waals surface area (Å²) in [4.78, 5) is 29.4. The van der Waals surface area contributed by atoms with E-state index in [2.05, 4.69) is 22.3 Å². The van der Waals surface area contributed by atoms with Crippen LogP contribution in [0.3, 0.4) is 0 Å². The van der Waals surface area contributed by atoms with Crippen molar-refractivity contribution in [3.63, 3.8) is 0 Å². The predicted molar refractivity (Wildman–Crippen MR) is 114 cm³/mol. The van der Waals surface area contributed by atoms with Gasteiger partial charge in [0, 0.05) is 25.7 Å². The summed E-state index contributed by atoms with van der Waals surface area (Å²) in [5, 5.41) is 3.12. The number of carbonyl (C=O) groups excluding carboxylic acids is 2. The second kappa shape index (κ2) is 8.78. The molecule has 0 spiro atoms. The molecule has 2 aliphatic rings. The summed E-state index contributed by atoms with van der Waals surface area (Å²) >= 11 is 0. The van der Waals surface area contributed by atoms with Crippen LogP contribution >= 0.6 is 0 Å². The van der Waals surface area contributed by atoms with Crippen molar-refractivity contribution in [1.82, 2.24) is 9.80 Å². The Labute approximate surface area is 172 Å². The summed E-state index contributed by atoms with van der Waals surface area (Å²) in [6, 6.07) is 16.0. The highest BCUT2D eigenvalue weighted by Gasteiger charge is 2.30. The van der Waals surface area contributed by atoms with Gasteiger partial charge < -0.3 is 10.2 Å². The number of amides is 2. The lowest BCUT2D eigenvalue weighted by atomic mass is 9.90. The van der Waals surface area contributed by atoms with Gasteiger partial charge in [-0.2, -0.15) is 0 Å².